The van der Waals surface area contributed by atoms with Gasteiger partial charge in [0, 0.05) is 11.9 Å². The minimum atomic E-state index is 0.0880. The number of phenols is 1. The molecule has 0 aliphatic heterocycles. The maximum Gasteiger partial charge on any atom is 0.134 e. The van der Waals surface area contributed by atoms with Crippen LogP contribution >= 0.6 is 11.6 Å². The lowest BCUT2D eigenvalue weighted by Gasteiger charge is -2.06. The Morgan fingerprint density at radius 3 is 2.81 bits per heavy atom. The van der Waals surface area contributed by atoms with Gasteiger partial charge in [-0.05, 0) is 30.3 Å². The third-order valence-corrected chi connectivity index (χ3v) is 2.45. The molecule has 0 saturated heterocycles. The molecule has 0 amide bonds. The second-order valence-electron chi connectivity index (χ2n) is 3.34. The Hall–Kier alpha value is -1.74. The highest BCUT2D eigenvalue weighted by Gasteiger charge is 1.99. The van der Waals surface area contributed by atoms with Gasteiger partial charge in [0.25, 0.3) is 0 Å². The van der Waals surface area contributed by atoms with E-state index in [1.165, 1.54) is 0 Å². The van der Waals surface area contributed by atoms with Crippen LogP contribution in [0.5, 0.6) is 5.75 Å². The fourth-order valence-electron chi connectivity index (χ4n) is 1.31. The molecule has 0 fully saturated rings. The van der Waals surface area contributed by atoms with E-state index in [1.54, 1.807) is 24.4 Å². The van der Waals surface area contributed by atoms with Crippen molar-refractivity contribution < 1.29 is 5.11 Å². The number of pyridine rings is 1. The minimum absolute atomic E-state index is 0.0880. The zero-order valence-electron chi connectivity index (χ0n) is 8.52. The van der Waals surface area contributed by atoms with E-state index >= 15 is 0 Å². The number of anilines is 1. The van der Waals surface area contributed by atoms with Gasteiger partial charge in [-0.25, -0.2) is 0 Å². The molecule has 0 unspecified atom stereocenters. The Morgan fingerprint density at radius 1 is 1.25 bits per heavy atom. The summed E-state index contributed by atoms with van der Waals surface area (Å²) in [7, 11) is 0. The average molecular weight is 235 g/mol. The third kappa shape index (κ3) is 2.64. The molecule has 4 heteroatoms. The summed E-state index contributed by atoms with van der Waals surface area (Å²) in [5, 5.41) is 12.8. The van der Waals surface area contributed by atoms with Crippen molar-refractivity contribution in [2.45, 2.75) is 6.54 Å². The molecule has 2 rings (SSSR count). The summed E-state index contributed by atoms with van der Waals surface area (Å²) in [4.78, 5) is 4.19. The molecule has 3 nitrogen and oxygen atoms in total. The maximum absolute atomic E-state index is 9.26. The normalized spacial score (nSPS) is 10.1. The van der Waals surface area contributed by atoms with Crippen LogP contribution in [0.25, 0.3) is 0 Å². The first-order valence-electron chi connectivity index (χ1n) is 4.88. The highest BCUT2D eigenvalue weighted by atomic mass is 35.5. The molecule has 2 N–H and O–H groups in total. The molecule has 0 radical (unpaired) electrons. The molecule has 0 spiro atoms. The second-order valence-corrected chi connectivity index (χ2v) is 3.75. The van der Waals surface area contributed by atoms with Crippen molar-refractivity contribution in [3.63, 3.8) is 0 Å². The van der Waals surface area contributed by atoms with Gasteiger partial charge in [0.1, 0.15) is 5.75 Å². The van der Waals surface area contributed by atoms with Crippen molar-refractivity contribution in [3.05, 3.63) is 53.3 Å². The van der Waals surface area contributed by atoms with Gasteiger partial charge in [0.05, 0.1) is 17.3 Å². The lowest BCUT2D eigenvalue weighted by molar-refractivity contribution is 0.475. The van der Waals surface area contributed by atoms with Gasteiger partial charge < -0.3 is 10.4 Å². The molecule has 0 aliphatic rings. The van der Waals surface area contributed by atoms with Crippen LogP contribution in [0.2, 0.25) is 5.02 Å². The largest absolute Gasteiger partial charge is 0.506 e. The van der Waals surface area contributed by atoms with Gasteiger partial charge in [-0.15, -0.1) is 0 Å². The van der Waals surface area contributed by atoms with Gasteiger partial charge in [-0.2, -0.15) is 0 Å². The number of hydrogen-bond donors (Lipinski definition) is 2. The Bertz CT molecular complexity index is 474. The molecule has 2 aromatic rings. The number of nitrogens with one attached hydrogen (secondary N) is 1. The van der Waals surface area contributed by atoms with Crippen LogP contribution in [0.3, 0.4) is 0 Å². The van der Waals surface area contributed by atoms with E-state index in [0.29, 0.717) is 11.6 Å². The van der Waals surface area contributed by atoms with E-state index in [4.69, 9.17) is 11.6 Å². The van der Waals surface area contributed by atoms with Gasteiger partial charge in [0.15, 0.2) is 0 Å². The van der Waals surface area contributed by atoms with Crippen molar-refractivity contribution in [1.82, 2.24) is 4.98 Å². The van der Waals surface area contributed by atoms with Gasteiger partial charge >= 0.3 is 0 Å². The summed E-state index contributed by atoms with van der Waals surface area (Å²) >= 11 is 5.79. The summed E-state index contributed by atoms with van der Waals surface area (Å²) in [5.74, 6) is 0.0880. The molecule has 0 aliphatic carbocycles. The number of benzene rings is 1. The average Bonchev–Trinajstić information content (AvgIpc) is 2.32. The minimum Gasteiger partial charge on any atom is -0.506 e. The molecule has 1 heterocycles. The third-order valence-electron chi connectivity index (χ3n) is 2.15. The topological polar surface area (TPSA) is 45.1 Å². The standard InChI is InChI=1S/C12H11ClN2O/c13-11-7-9(4-5-12(11)16)15-8-10-3-1-2-6-14-10/h1-7,15-16H,8H2. The van der Waals surface area contributed by atoms with Crippen LogP contribution in [0, 0.1) is 0 Å². The molecule has 1 aromatic carbocycles. The maximum atomic E-state index is 9.26. The zero-order valence-corrected chi connectivity index (χ0v) is 9.28. The lowest BCUT2D eigenvalue weighted by atomic mass is 10.3. The van der Waals surface area contributed by atoms with Crippen molar-refractivity contribution >= 4 is 17.3 Å². The molecule has 16 heavy (non-hydrogen) atoms. The highest BCUT2D eigenvalue weighted by Crippen LogP contribution is 2.26. The molecule has 1 aromatic heterocycles. The van der Waals surface area contributed by atoms with E-state index in [2.05, 4.69) is 10.3 Å². The van der Waals surface area contributed by atoms with Crippen LogP contribution < -0.4 is 5.32 Å². The van der Waals surface area contributed by atoms with Crippen molar-refractivity contribution in [2.24, 2.45) is 0 Å². The van der Waals surface area contributed by atoms with Crippen molar-refractivity contribution in [2.75, 3.05) is 5.32 Å². The summed E-state index contributed by atoms with van der Waals surface area (Å²) in [6.07, 6.45) is 1.75. The second kappa shape index (κ2) is 4.86. The molecular formula is C12H11ClN2O. The van der Waals surface area contributed by atoms with Gasteiger partial charge in [-0.1, -0.05) is 17.7 Å². The SMILES string of the molecule is Oc1ccc(NCc2ccccn2)cc1Cl. The van der Waals surface area contributed by atoms with Crippen LogP contribution in [0.4, 0.5) is 5.69 Å². The molecule has 0 atom stereocenters. The van der Waals surface area contributed by atoms with Gasteiger partial charge in [-0.3, -0.25) is 4.98 Å². The number of hydrogen-bond acceptors (Lipinski definition) is 3. The molecule has 0 bridgehead atoms. The fourth-order valence-corrected chi connectivity index (χ4v) is 1.49. The summed E-state index contributed by atoms with van der Waals surface area (Å²) < 4.78 is 0. The Labute approximate surface area is 98.7 Å². The number of rotatable bonds is 3. The predicted octanol–water partition coefficient (Wildman–Crippen LogP) is 3.05. The van der Waals surface area contributed by atoms with Crippen LogP contribution in [-0.4, -0.2) is 10.1 Å². The first-order valence-corrected chi connectivity index (χ1v) is 5.26. The quantitative estimate of drug-likeness (QED) is 0.803. The zero-order chi connectivity index (χ0) is 11.4. The number of halogens is 1. The van der Waals surface area contributed by atoms with Crippen molar-refractivity contribution in [3.8, 4) is 5.75 Å². The Balaban J connectivity index is 2.03. The monoisotopic (exact) mass is 234 g/mol. The van der Waals surface area contributed by atoms with E-state index in [1.807, 2.05) is 18.2 Å². The predicted molar refractivity (Wildman–Crippen MR) is 64.7 cm³/mol. The Morgan fingerprint density at radius 2 is 2.12 bits per heavy atom. The Kier molecular flexibility index (Phi) is 3.27. The van der Waals surface area contributed by atoms with Gasteiger partial charge in [0.2, 0.25) is 0 Å². The molecule has 0 saturated carbocycles. The van der Waals surface area contributed by atoms with E-state index < -0.39 is 0 Å². The van der Waals surface area contributed by atoms with E-state index in [0.717, 1.165) is 11.4 Å². The lowest BCUT2D eigenvalue weighted by Crippen LogP contribution is -2.00. The fraction of sp³-hybridized carbons (Fsp3) is 0.0833. The van der Waals surface area contributed by atoms with Crippen LogP contribution in [0.15, 0.2) is 42.6 Å². The number of aromatic hydroxyl groups is 1. The highest BCUT2D eigenvalue weighted by molar-refractivity contribution is 6.32. The molecular weight excluding hydrogens is 224 g/mol. The van der Waals surface area contributed by atoms with Crippen LogP contribution in [-0.2, 0) is 6.54 Å². The number of phenolic OH excluding ortho intramolecular Hbond substituents is 1. The van der Waals surface area contributed by atoms with E-state index in [-0.39, 0.29) is 5.75 Å². The smallest absolute Gasteiger partial charge is 0.134 e. The van der Waals surface area contributed by atoms with E-state index in [9.17, 15) is 5.11 Å². The summed E-state index contributed by atoms with van der Waals surface area (Å²) in [6, 6.07) is 10.8. The summed E-state index contributed by atoms with van der Waals surface area (Å²) in [5.41, 5.74) is 1.81. The number of nitrogens with zero attached hydrogens (tertiary/aromatic N) is 1. The van der Waals surface area contributed by atoms with Crippen molar-refractivity contribution in [1.29, 1.82) is 0 Å². The van der Waals surface area contributed by atoms with Crippen LogP contribution in [0.1, 0.15) is 5.69 Å². The summed E-state index contributed by atoms with van der Waals surface area (Å²) in [6.45, 7) is 0.627. The first kappa shape index (κ1) is 10.8. The number of aromatic nitrogens is 1. The molecule has 82 valence electrons. The first-order chi connectivity index (χ1) is 7.75.